The molecule has 2 aromatic heterocycles. The van der Waals surface area contributed by atoms with E-state index in [4.69, 9.17) is 0 Å². The van der Waals surface area contributed by atoms with E-state index in [9.17, 15) is 4.79 Å². The minimum Gasteiger partial charge on any atom is -0.341 e. The number of hydrogen-bond acceptors (Lipinski definition) is 3. The summed E-state index contributed by atoms with van der Waals surface area (Å²) in [7, 11) is 1.83. The summed E-state index contributed by atoms with van der Waals surface area (Å²) in [6.45, 7) is 0.586. The summed E-state index contributed by atoms with van der Waals surface area (Å²) >= 11 is 4.97. The molecule has 0 fully saturated rings. The zero-order valence-electron chi connectivity index (χ0n) is 12.6. The summed E-state index contributed by atoms with van der Waals surface area (Å²) in [6.07, 6.45) is 3.78. The topological polar surface area (TPSA) is 37.6 Å². The fraction of sp³-hybridized carbons (Fsp3) is 0.176. The zero-order chi connectivity index (χ0) is 16.2. The maximum absolute atomic E-state index is 12.3. The van der Waals surface area contributed by atoms with Crippen LogP contribution in [-0.4, -0.2) is 33.0 Å². The van der Waals surface area contributed by atoms with E-state index >= 15 is 0 Å². The Morgan fingerprint density at radius 2 is 2.04 bits per heavy atom. The van der Waals surface area contributed by atoms with Crippen molar-refractivity contribution in [1.82, 2.24) is 14.3 Å². The van der Waals surface area contributed by atoms with Gasteiger partial charge in [0.05, 0.1) is 17.5 Å². The van der Waals surface area contributed by atoms with Gasteiger partial charge in [0.25, 0.3) is 0 Å². The van der Waals surface area contributed by atoms with Crippen LogP contribution in [0.25, 0.3) is 5.52 Å². The van der Waals surface area contributed by atoms with E-state index in [1.807, 2.05) is 66.3 Å². The average Bonchev–Trinajstić information content (AvgIpc) is 2.98. The van der Waals surface area contributed by atoms with E-state index < -0.39 is 0 Å². The molecule has 0 N–H and O–H groups in total. The van der Waals surface area contributed by atoms with Crippen LogP contribution in [0.15, 0.2) is 64.5 Å². The van der Waals surface area contributed by atoms with Crippen LogP contribution in [0.5, 0.6) is 0 Å². The molecule has 23 heavy (non-hydrogen) atoms. The Bertz CT molecular complexity index is 833. The van der Waals surface area contributed by atoms with Crippen molar-refractivity contribution < 1.29 is 4.79 Å². The molecule has 3 rings (SSSR count). The van der Waals surface area contributed by atoms with Crippen molar-refractivity contribution in [3.8, 4) is 0 Å². The van der Waals surface area contributed by atoms with E-state index in [1.165, 1.54) is 11.8 Å². The standard InChI is InChI=1S/C17H16BrN3OS/c1-20(11-13-6-2-3-8-15(13)18)16(22)12-23-17-19-10-14-7-4-5-9-21(14)17/h2-10H,11-12H2,1H3. The summed E-state index contributed by atoms with van der Waals surface area (Å²) in [5, 5.41) is 0.836. The number of aromatic nitrogens is 2. The molecular weight excluding hydrogens is 374 g/mol. The molecule has 1 aromatic carbocycles. The molecule has 0 saturated heterocycles. The summed E-state index contributed by atoms with van der Waals surface area (Å²) in [5.74, 6) is 0.452. The van der Waals surface area contributed by atoms with Crippen LogP contribution in [0.4, 0.5) is 0 Å². The van der Waals surface area contributed by atoms with Gasteiger partial charge in [-0.25, -0.2) is 4.98 Å². The molecule has 118 valence electrons. The second-order valence-corrected chi connectivity index (χ2v) is 6.96. The minimum atomic E-state index is 0.0819. The number of halogens is 1. The third kappa shape index (κ3) is 3.76. The Hall–Kier alpha value is -1.79. The highest BCUT2D eigenvalue weighted by Gasteiger charge is 2.13. The molecule has 6 heteroatoms. The van der Waals surface area contributed by atoms with Crippen LogP contribution < -0.4 is 0 Å². The molecule has 3 aromatic rings. The first-order chi connectivity index (χ1) is 11.1. The first-order valence-electron chi connectivity index (χ1n) is 7.17. The molecular formula is C17H16BrN3OS. The number of nitrogens with zero attached hydrogens (tertiary/aromatic N) is 3. The van der Waals surface area contributed by atoms with Crippen molar-refractivity contribution in [2.24, 2.45) is 0 Å². The Morgan fingerprint density at radius 3 is 2.87 bits per heavy atom. The number of benzene rings is 1. The van der Waals surface area contributed by atoms with Crippen LogP contribution in [-0.2, 0) is 11.3 Å². The quantitative estimate of drug-likeness (QED) is 0.622. The number of amides is 1. The molecule has 0 bridgehead atoms. The van der Waals surface area contributed by atoms with Gasteiger partial charge in [-0.05, 0) is 23.8 Å². The van der Waals surface area contributed by atoms with Gasteiger partial charge in [-0.2, -0.15) is 0 Å². The Labute approximate surface area is 147 Å². The van der Waals surface area contributed by atoms with Crippen molar-refractivity contribution in [1.29, 1.82) is 0 Å². The van der Waals surface area contributed by atoms with E-state index in [-0.39, 0.29) is 5.91 Å². The molecule has 0 aliphatic heterocycles. The highest BCUT2D eigenvalue weighted by atomic mass is 79.9. The molecule has 2 heterocycles. The van der Waals surface area contributed by atoms with Gasteiger partial charge in [-0.15, -0.1) is 0 Å². The monoisotopic (exact) mass is 389 g/mol. The number of pyridine rings is 1. The third-order valence-electron chi connectivity index (χ3n) is 3.52. The van der Waals surface area contributed by atoms with Gasteiger partial charge < -0.3 is 4.90 Å². The normalized spacial score (nSPS) is 10.9. The third-order valence-corrected chi connectivity index (χ3v) is 5.25. The number of imidazole rings is 1. The molecule has 4 nitrogen and oxygen atoms in total. The second kappa shape index (κ2) is 7.19. The predicted molar refractivity (Wildman–Crippen MR) is 96.5 cm³/mol. The Kier molecular flexibility index (Phi) is 5.03. The predicted octanol–water partition coefficient (Wildman–Crippen LogP) is 3.85. The highest BCUT2D eigenvalue weighted by molar-refractivity contribution is 9.10. The van der Waals surface area contributed by atoms with Gasteiger partial charge in [-0.3, -0.25) is 9.20 Å². The van der Waals surface area contributed by atoms with Crippen LogP contribution in [0, 0.1) is 0 Å². The van der Waals surface area contributed by atoms with Gasteiger partial charge in [0.2, 0.25) is 5.91 Å². The largest absolute Gasteiger partial charge is 0.341 e. The molecule has 0 unspecified atom stereocenters. The van der Waals surface area contributed by atoms with E-state index in [0.717, 1.165) is 20.7 Å². The van der Waals surface area contributed by atoms with Gasteiger partial charge in [0, 0.05) is 24.3 Å². The number of hydrogen-bond donors (Lipinski definition) is 0. The maximum Gasteiger partial charge on any atom is 0.233 e. The van der Waals surface area contributed by atoms with Crippen LogP contribution >= 0.6 is 27.7 Å². The van der Waals surface area contributed by atoms with Crippen molar-refractivity contribution in [2.75, 3.05) is 12.8 Å². The average molecular weight is 390 g/mol. The first kappa shape index (κ1) is 16.1. The van der Waals surface area contributed by atoms with Gasteiger partial charge >= 0.3 is 0 Å². The van der Waals surface area contributed by atoms with Crippen LogP contribution in [0.3, 0.4) is 0 Å². The number of thioether (sulfide) groups is 1. The number of carbonyl (C=O) groups excluding carboxylic acids is 1. The summed E-state index contributed by atoms with van der Waals surface area (Å²) in [5.41, 5.74) is 2.13. The Morgan fingerprint density at radius 1 is 1.26 bits per heavy atom. The molecule has 0 radical (unpaired) electrons. The number of rotatable bonds is 5. The lowest BCUT2D eigenvalue weighted by molar-refractivity contribution is -0.127. The van der Waals surface area contributed by atoms with Crippen LogP contribution in [0.1, 0.15) is 5.56 Å². The molecule has 0 saturated carbocycles. The fourth-order valence-corrected chi connectivity index (χ4v) is 3.55. The molecule has 0 aliphatic carbocycles. The lowest BCUT2D eigenvalue weighted by Gasteiger charge is -2.17. The lowest BCUT2D eigenvalue weighted by atomic mass is 10.2. The van der Waals surface area contributed by atoms with E-state index in [2.05, 4.69) is 20.9 Å². The molecule has 0 atom stereocenters. The smallest absolute Gasteiger partial charge is 0.233 e. The second-order valence-electron chi connectivity index (χ2n) is 5.17. The van der Waals surface area contributed by atoms with Crippen molar-refractivity contribution in [3.05, 3.63) is 64.9 Å². The number of fused-ring (bicyclic) bond motifs is 1. The maximum atomic E-state index is 12.3. The first-order valence-corrected chi connectivity index (χ1v) is 8.95. The summed E-state index contributed by atoms with van der Waals surface area (Å²) < 4.78 is 3.01. The van der Waals surface area contributed by atoms with Gasteiger partial charge in [-0.1, -0.05) is 52.0 Å². The number of carbonyl (C=O) groups is 1. The highest BCUT2D eigenvalue weighted by Crippen LogP contribution is 2.20. The van der Waals surface area contributed by atoms with Crippen molar-refractivity contribution in [2.45, 2.75) is 11.7 Å². The van der Waals surface area contributed by atoms with Gasteiger partial charge in [0.15, 0.2) is 5.16 Å². The summed E-state index contributed by atoms with van der Waals surface area (Å²) in [4.78, 5) is 18.5. The fourth-order valence-electron chi connectivity index (χ4n) is 2.23. The Balaban J connectivity index is 1.62. The molecule has 0 aliphatic rings. The van der Waals surface area contributed by atoms with Crippen molar-refractivity contribution >= 4 is 39.1 Å². The van der Waals surface area contributed by atoms with Crippen molar-refractivity contribution in [3.63, 3.8) is 0 Å². The van der Waals surface area contributed by atoms with Crippen LogP contribution in [0.2, 0.25) is 0 Å². The minimum absolute atomic E-state index is 0.0819. The SMILES string of the molecule is CN(Cc1ccccc1Br)C(=O)CSc1ncc2ccccn12. The zero-order valence-corrected chi connectivity index (χ0v) is 15.0. The molecule has 1 amide bonds. The summed E-state index contributed by atoms with van der Waals surface area (Å²) in [6, 6.07) is 13.9. The van der Waals surface area contributed by atoms with E-state index in [1.54, 1.807) is 4.90 Å². The lowest BCUT2D eigenvalue weighted by Crippen LogP contribution is -2.28. The van der Waals surface area contributed by atoms with E-state index in [0.29, 0.717) is 12.3 Å². The van der Waals surface area contributed by atoms with Gasteiger partial charge in [0.1, 0.15) is 0 Å². The molecule has 0 spiro atoms.